The van der Waals surface area contributed by atoms with Gasteiger partial charge in [0.1, 0.15) is 18.2 Å². The van der Waals surface area contributed by atoms with Gasteiger partial charge in [-0.25, -0.2) is 9.18 Å². The van der Waals surface area contributed by atoms with Crippen molar-refractivity contribution in [2.45, 2.75) is 6.61 Å². The smallest absolute Gasteiger partial charge is 0.340 e. The second-order valence-electron chi connectivity index (χ2n) is 6.05. The van der Waals surface area contributed by atoms with E-state index in [0.29, 0.717) is 18.0 Å². The van der Waals surface area contributed by atoms with Crippen molar-refractivity contribution in [3.8, 4) is 5.75 Å². The van der Waals surface area contributed by atoms with Crippen LogP contribution in [0.5, 0.6) is 5.75 Å². The molecule has 0 aromatic heterocycles. The van der Waals surface area contributed by atoms with E-state index in [1.54, 1.807) is 24.3 Å². The summed E-state index contributed by atoms with van der Waals surface area (Å²) < 4.78 is 23.6. The number of carbonyl (C=O) groups excluding carboxylic acids is 2. The Morgan fingerprint density at radius 1 is 0.966 bits per heavy atom. The molecule has 0 aliphatic rings. The first-order valence-electron chi connectivity index (χ1n) is 8.70. The van der Waals surface area contributed by atoms with Crippen molar-refractivity contribution in [3.05, 3.63) is 94.8 Å². The first kappa shape index (κ1) is 20.4. The summed E-state index contributed by atoms with van der Waals surface area (Å²) in [6.07, 6.45) is 0. The number of anilines is 1. The predicted molar refractivity (Wildman–Crippen MR) is 108 cm³/mol. The highest BCUT2D eigenvalue weighted by Crippen LogP contribution is 2.19. The summed E-state index contributed by atoms with van der Waals surface area (Å²) in [6, 6.07) is 19.8. The summed E-state index contributed by atoms with van der Waals surface area (Å²) >= 11 is 5.80. The number of hydrogen-bond donors (Lipinski definition) is 1. The van der Waals surface area contributed by atoms with Gasteiger partial charge in [0.05, 0.1) is 10.6 Å². The van der Waals surface area contributed by atoms with Gasteiger partial charge in [0.15, 0.2) is 6.61 Å². The minimum atomic E-state index is -0.810. The number of hydrogen-bond acceptors (Lipinski definition) is 4. The molecule has 0 saturated heterocycles. The molecule has 0 heterocycles. The molecular weight excluding hydrogens is 397 g/mol. The molecule has 0 spiro atoms. The van der Waals surface area contributed by atoms with Crippen LogP contribution in [-0.2, 0) is 16.1 Å². The molecule has 1 amide bonds. The first-order valence-corrected chi connectivity index (χ1v) is 9.08. The van der Waals surface area contributed by atoms with Crippen LogP contribution >= 0.6 is 11.6 Å². The second-order valence-corrected chi connectivity index (χ2v) is 6.45. The molecule has 0 unspecified atom stereocenters. The summed E-state index contributed by atoms with van der Waals surface area (Å²) in [7, 11) is 0. The molecular formula is C22H17ClFNO4. The maximum atomic E-state index is 13.0. The zero-order valence-corrected chi connectivity index (χ0v) is 16.0. The lowest BCUT2D eigenvalue weighted by Crippen LogP contribution is -2.21. The topological polar surface area (TPSA) is 64.6 Å². The number of ether oxygens (including phenoxy) is 2. The van der Waals surface area contributed by atoms with Gasteiger partial charge < -0.3 is 14.8 Å². The molecule has 0 aliphatic carbocycles. The molecule has 3 rings (SSSR count). The van der Waals surface area contributed by atoms with Gasteiger partial charge in [-0.1, -0.05) is 41.9 Å². The van der Waals surface area contributed by atoms with E-state index >= 15 is 0 Å². The number of esters is 1. The van der Waals surface area contributed by atoms with E-state index in [4.69, 9.17) is 21.1 Å². The lowest BCUT2D eigenvalue weighted by atomic mass is 10.2. The lowest BCUT2D eigenvalue weighted by molar-refractivity contribution is -0.119. The summed E-state index contributed by atoms with van der Waals surface area (Å²) in [5, 5.41) is 2.53. The number of nitrogens with one attached hydrogen (secondary N) is 1. The van der Waals surface area contributed by atoms with Crippen LogP contribution in [0.25, 0.3) is 0 Å². The SMILES string of the molecule is O=C(COC(=O)c1ccc(F)cc1Cl)Nc1ccc(OCc2ccccc2)cc1. The highest BCUT2D eigenvalue weighted by Gasteiger charge is 2.14. The number of benzene rings is 3. The molecule has 0 fully saturated rings. The van der Waals surface area contributed by atoms with Crippen molar-refractivity contribution in [2.24, 2.45) is 0 Å². The van der Waals surface area contributed by atoms with Gasteiger partial charge in [-0.3, -0.25) is 4.79 Å². The van der Waals surface area contributed by atoms with Crippen LogP contribution in [0.4, 0.5) is 10.1 Å². The van der Waals surface area contributed by atoms with Crippen LogP contribution in [0.1, 0.15) is 15.9 Å². The van der Waals surface area contributed by atoms with E-state index in [1.165, 1.54) is 6.07 Å². The number of carbonyl (C=O) groups is 2. The maximum Gasteiger partial charge on any atom is 0.340 e. The van der Waals surface area contributed by atoms with E-state index in [9.17, 15) is 14.0 Å². The van der Waals surface area contributed by atoms with Gasteiger partial charge in [-0.15, -0.1) is 0 Å². The molecule has 5 nitrogen and oxygen atoms in total. The monoisotopic (exact) mass is 413 g/mol. The van der Waals surface area contributed by atoms with Gasteiger partial charge in [-0.2, -0.15) is 0 Å². The summed E-state index contributed by atoms with van der Waals surface area (Å²) in [6.45, 7) is -0.0623. The predicted octanol–water partition coefficient (Wildman–Crippen LogP) is 4.85. The Labute approximate surface area is 172 Å². The Bertz CT molecular complexity index is 993. The van der Waals surface area contributed by atoms with Gasteiger partial charge in [0.2, 0.25) is 0 Å². The largest absolute Gasteiger partial charge is 0.489 e. The van der Waals surface area contributed by atoms with Crippen LogP contribution in [0.15, 0.2) is 72.8 Å². The van der Waals surface area contributed by atoms with Crippen molar-refractivity contribution in [1.82, 2.24) is 0 Å². The molecule has 3 aromatic rings. The standard InChI is InChI=1S/C22H17ClFNO4/c23-20-12-16(24)6-11-19(20)22(27)29-14-21(26)25-17-7-9-18(10-8-17)28-13-15-4-2-1-3-5-15/h1-12H,13-14H2,(H,25,26). The molecule has 1 N–H and O–H groups in total. The molecule has 0 saturated carbocycles. The Morgan fingerprint density at radius 2 is 1.69 bits per heavy atom. The van der Waals surface area contributed by atoms with Crippen LogP contribution < -0.4 is 10.1 Å². The van der Waals surface area contributed by atoms with Gasteiger partial charge >= 0.3 is 5.97 Å². The molecule has 0 bridgehead atoms. The molecule has 29 heavy (non-hydrogen) atoms. The Hall–Kier alpha value is -3.38. The average Bonchev–Trinajstić information content (AvgIpc) is 2.72. The Morgan fingerprint density at radius 3 is 2.38 bits per heavy atom. The fourth-order valence-corrected chi connectivity index (χ4v) is 2.68. The third kappa shape index (κ3) is 6.05. The van der Waals surface area contributed by atoms with Crippen LogP contribution in [-0.4, -0.2) is 18.5 Å². The summed E-state index contributed by atoms with van der Waals surface area (Å²) in [5.41, 5.74) is 1.56. The van der Waals surface area contributed by atoms with E-state index in [-0.39, 0.29) is 10.6 Å². The van der Waals surface area contributed by atoms with Gasteiger partial charge in [0.25, 0.3) is 5.91 Å². The van der Waals surface area contributed by atoms with Crippen molar-refractivity contribution in [3.63, 3.8) is 0 Å². The zero-order valence-electron chi connectivity index (χ0n) is 15.2. The minimum Gasteiger partial charge on any atom is -0.489 e. The van der Waals surface area contributed by atoms with Crippen LogP contribution in [0.2, 0.25) is 5.02 Å². The highest BCUT2D eigenvalue weighted by molar-refractivity contribution is 6.33. The number of halogens is 2. The molecule has 7 heteroatoms. The summed E-state index contributed by atoms with van der Waals surface area (Å²) in [5.74, 6) is -1.24. The number of rotatable bonds is 7. The zero-order chi connectivity index (χ0) is 20.6. The molecule has 0 aliphatic heterocycles. The van der Waals surface area contributed by atoms with Crippen LogP contribution in [0, 0.1) is 5.82 Å². The molecule has 0 atom stereocenters. The fourth-order valence-electron chi connectivity index (χ4n) is 2.44. The fraction of sp³-hybridized carbons (Fsp3) is 0.0909. The number of amides is 1. The first-order chi connectivity index (χ1) is 14.0. The maximum absolute atomic E-state index is 13.0. The molecule has 148 valence electrons. The van der Waals surface area contributed by atoms with Gasteiger partial charge in [-0.05, 0) is 48.0 Å². The van der Waals surface area contributed by atoms with Crippen molar-refractivity contribution in [2.75, 3.05) is 11.9 Å². The van der Waals surface area contributed by atoms with Crippen molar-refractivity contribution in [1.29, 1.82) is 0 Å². The van der Waals surface area contributed by atoms with Crippen molar-refractivity contribution >= 4 is 29.2 Å². The third-order valence-corrected chi connectivity index (χ3v) is 4.18. The minimum absolute atomic E-state index is 0.0132. The van der Waals surface area contributed by atoms with Crippen molar-refractivity contribution < 1.29 is 23.5 Å². The van der Waals surface area contributed by atoms with Gasteiger partial charge in [0, 0.05) is 5.69 Å². The highest BCUT2D eigenvalue weighted by atomic mass is 35.5. The lowest BCUT2D eigenvalue weighted by Gasteiger charge is -2.09. The van der Waals surface area contributed by atoms with E-state index in [0.717, 1.165) is 17.7 Å². The second kappa shape index (κ2) is 9.71. The van der Waals surface area contributed by atoms with E-state index < -0.39 is 24.3 Å². The van der Waals surface area contributed by atoms with E-state index in [1.807, 2.05) is 30.3 Å². The Balaban J connectivity index is 1.47. The average molecular weight is 414 g/mol. The Kier molecular flexibility index (Phi) is 6.81. The normalized spacial score (nSPS) is 10.3. The summed E-state index contributed by atoms with van der Waals surface area (Å²) in [4.78, 5) is 23.9. The quantitative estimate of drug-likeness (QED) is 0.562. The third-order valence-electron chi connectivity index (χ3n) is 3.87. The molecule has 0 radical (unpaired) electrons. The van der Waals surface area contributed by atoms with E-state index in [2.05, 4.69) is 5.32 Å². The molecule has 3 aromatic carbocycles. The van der Waals surface area contributed by atoms with Crippen LogP contribution in [0.3, 0.4) is 0 Å².